The molecule has 0 aliphatic carbocycles. The second-order valence-electron chi connectivity index (χ2n) is 5.54. The lowest BCUT2D eigenvalue weighted by Crippen LogP contribution is -2.21. The minimum atomic E-state index is 0.0414. The third kappa shape index (κ3) is 3.37. The lowest BCUT2D eigenvalue weighted by molar-refractivity contribution is 0.398. The predicted molar refractivity (Wildman–Crippen MR) is 92.1 cm³/mol. The molecule has 0 aliphatic rings. The van der Waals surface area contributed by atoms with E-state index in [1.807, 2.05) is 31.3 Å². The molecular weight excluding hydrogens is 304 g/mol. The first kappa shape index (κ1) is 16.0. The van der Waals surface area contributed by atoms with Crippen LogP contribution in [0.2, 0.25) is 0 Å². The standard InChI is InChI=1S/C18H20N4O2/c1-14-5-3-6-17(23)22(14)11-4-10-21-12-9-20-18(21)15-7-8-19-16(13-15)24-2/h3,5-9,12-13H,4,10-11H2,1-2H3. The topological polar surface area (TPSA) is 61.9 Å². The molecule has 0 saturated carbocycles. The predicted octanol–water partition coefficient (Wildman–Crippen LogP) is 2.51. The Labute approximate surface area is 140 Å². The normalized spacial score (nSPS) is 10.8. The molecular formula is C18H20N4O2. The minimum Gasteiger partial charge on any atom is -0.481 e. The van der Waals surface area contributed by atoms with Crippen LogP contribution >= 0.6 is 0 Å². The summed E-state index contributed by atoms with van der Waals surface area (Å²) in [5.74, 6) is 1.43. The fraction of sp³-hybridized carbons (Fsp3) is 0.278. The number of pyridine rings is 2. The summed E-state index contributed by atoms with van der Waals surface area (Å²) in [5.41, 5.74) is 1.98. The van der Waals surface area contributed by atoms with Gasteiger partial charge in [-0.25, -0.2) is 9.97 Å². The SMILES string of the molecule is COc1cc(-c2nccn2CCCn2c(C)cccc2=O)ccn1. The van der Waals surface area contributed by atoms with Crippen molar-refractivity contribution in [3.05, 3.63) is 65.0 Å². The van der Waals surface area contributed by atoms with E-state index in [1.165, 1.54) is 0 Å². The van der Waals surface area contributed by atoms with Crippen molar-refractivity contribution in [2.75, 3.05) is 7.11 Å². The largest absolute Gasteiger partial charge is 0.481 e. The van der Waals surface area contributed by atoms with Crippen LogP contribution in [0.4, 0.5) is 0 Å². The zero-order valence-electron chi connectivity index (χ0n) is 13.8. The third-order valence-electron chi connectivity index (χ3n) is 3.97. The molecule has 0 atom stereocenters. The highest BCUT2D eigenvalue weighted by molar-refractivity contribution is 5.56. The molecule has 3 heterocycles. The Morgan fingerprint density at radius 3 is 2.79 bits per heavy atom. The van der Waals surface area contributed by atoms with Gasteiger partial charge in [-0.15, -0.1) is 0 Å². The lowest BCUT2D eigenvalue weighted by atomic mass is 10.2. The summed E-state index contributed by atoms with van der Waals surface area (Å²) in [4.78, 5) is 20.5. The van der Waals surface area contributed by atoms with E-state index in [1.54, 1.807) is 36.2 Å². The fourth-order valence-corrected chi connectivity index (χ4v) is 2.72. The molecule has 24 heavy (non-hydrogen) atoms. The van der Waals surface area contributed by atoms with Gasteiger partial charge in [-0.3, -0.25) is 4.79 Å². The van der Waals surface area contributed by atoms with Crippen molar-refractivity contribution < 1.29 is 4.74 Å². The van der Waals surface area contributed by atoms with Gasteiger partial charge in [0.15, 0.2) is 0 Å². The van der Waals surface area contributed by atoms with Gasteiger partial charge in [-0.2, -0.15) is 0 Å². The Bertz CT molecular complexity index is 882. The van der Waals surface area contributed by atoms with E-state index < -0.39 is 0 Å². The van der Waals surface area contributed by atoms with Crippen molar-refractivity contribution >= 4 is 0 Å². The number of rotatable bonds is 6. The molecule has 0 unspecified atom stereocenters. The lowest BCUT2D eigenvalue weighted by Gasteiger charge is -2.11. The minimum absolute atomic E-state index is 0.0414. The van der Waals surface area contributed by atoms with Crippen LogP contribution in [0.1, 0.15) is 12.1 Å². The Hall–Kier alpha value is -2.89. The van der Waals surface area contributed by atoms with Gasteiger partial charge in [0.2, 0.25) is 5.88 Å². The molecule has 6 nitrogen and oxygen atoms in total. The molecule has 0 aromatic carbocycles. The number of nitrogens with zero attached hydrogens (tertiary/aromatic N) is 4. The molecule has 0 fully saturated rings. The van der Waals surface area contributed by atoms with Gasteiger partial charge in [-0.05, 0) is 25.5 Å². The van der Waals surface area contributed by atoms with Crippen molar-refractivity contribution in [3.8, 4) is 17.3 Å². The van der Waals surface area contributed by atoms with Crippen molar-refractivity contribution in [3.63, 3.8) is 0 Å². The van der Waals surface area contributed by atoms with Gasteiger partial charge < -0.3 is 13.9 Å². The van der Waals surface area contributed by atoms with Gasteiger partial charge in [-0.1, -0.05) is 6.07 Å². The molecule has 0 bridgehead atoms. The molecule has 124 valence electrons. The molecule has 3 aromatic rings. The first-order valence-corrected chi connectivity index (χ1v) is 7.87. The molecule has 3 rings (SSSR count). The van der Waals surface area contributed by atoms with E-state index in [9.17, 15) is 4.79 Å². The van der Waals surface area contributed by atoms with Crippen LogP contribution in [0.15, 0.2) is 53.7 Å². The fourth-order valence-electron chi connectivity index (χ4n) is 2.72. The molecule has 3 aromatic heterocycles. The summed E-state index contributed by atoms with van der Waals surface area (Å²) in [7, 11) is 1.60. The maximum atomic E-state index is 11.9. The summed E-state index contributed by atoms with van der Waals surface area (Å²) < 4.78 is 9.05. The van der Waals surface area contributed by atoms with Crippen LogP contribution in [0.3, 0.4) is 0 Å². The van der Waals surface area contributed by atoms with E-state index in [0.717, 1.165) is 30.0 Å². The summed E-state index contributed by atoms with van der Waals surface area (Å²) in [6.07, 6.45) is 6.28. The second-order valence-corrected chi connectivity index (χ2v) is 5.54. The molecule has 0 radical (unpaired) electrons. The average Bonchev–Trinajstić information content (AvgIpc) is 3.06. The number of hydrogen-bond acceptors (Lipinski definition) is 4. The van der Waals surface area contributed by atoms with Crippen LogP contribution < -0.4 is 10.3 Å². The van der Waals surface area contributed by atoms with E-state index in [-0.39, 0.29) is 5.56 Å². The molecule has 0 amide bonds. The van der Waals surface area contributed by atoms with Crippen molar-refractivity contribution in [2.24, 2.45) is 0 Å². The Balaban J connectivity index is 1.73. The highest BCUT2D eigenvalue weighted by atomic mass is 16.5. The summed E-state index contributed by atoms with van der Waals surface area (Å²) >= 11 is 0. The van der Waals surface area contributed by atoms with E-state index in [4.69, 9.17) is 4.74 Å². The van der Waals surface area contributed by atoms with Crippen LogP contribution in [0, 0.1) is 6.92 Å². The van der Waals surface area contributed by atoms with Gasteiger partial charge in [0, 0.05) is 55.1 Å². The first-order chi connectivity index (χ1) is 11.7. The number of ether oxygens (including phenoxy) is 1. The smallest absolute Gasteiger partial charge is 0.250 e. The van der Waals surface area contributed by atoms with E-state index >= 15 is 0 Å². The molecule has 0 aliphatic heterocycles. The summed E-state index contributed by atoms with van der Waals surface area (Å²) in [6, 6.07) is 9.11. The van der Waals surface area contributed by atoms with Gasteiger partial charge in [0.1, 0.15) is 5.82 Å². The van der Waals surface area contributed by atoms with Gasteiger partial charge in [0.25, 0.3) is 5.56 Å². The third-order valence-corrected chi connectivity index (χ3v) is 3.97. The monoisotopic (exact) mass is 324 g/mol. The second kappa shape index (κ2) is 7.12. The van der Waals surface area contributed by atoms with Crippen LogP contribution in [-0.4, -0.2) is 26.2 Å². The Morgan fingerprint density at radius 2 is 2.00 bits per heavy atom. The van der Waals surface area contributed by atoms with E-state index in [0.29, 0.717) is 12.4 Å². The van der Waals surface area contributed by atoms with Crippen LogP contribution in [-0.2, 0) is 13.1 Å². The van der Waals surface area contributed by atoms with Crippen molar-refractivity contribution in [1.29, 1.82) is 0 Å². The quantitative estimate of drug-likeness (QED) is 0.699. The Morgan fingerprint density at radius 1 is 1.12 bits per heavy atom. The molecule has 0 N–H and O–H groups in total. The van der Waals surface area contributed by atoms with Gasteiger partial charge >= 0.3 is 0 Å². The maximum absolute atomic E-state index is 11.9. The molecule has 6 heteroatoms. The number of methoxy groups -OCH3 is 1. The molecule has 0 saturated heterocycles. The van der Waals surface area contributed by atoms with E-state index in [2.05, 4.69) is 14.5 Å². The summed E-state index contributed by atoms with van der Waals surface area (Å²) in [5, 5.41) is 0. The molecule has 0 spiro atoms. The van der Waals surface area contributed by atoms with Crippen molar-refractivity contribution in [1.82, 2.24) is 19.1 Å². The van der Waals surface area contributed by atoms with Crippen LogP contribution in [0.5, 0.6) is 5.88 Å². The number of imidazole rings is 1. The summed E-state index contributed by atoms with van der Waals surface area (Å²) in [6.45, 7) is 3.41. The average molecular weight is 324 g/mol. The Kier molecular flexibility index (Phi) is 4.74. The highest BCUT2D eigenvalue weighted by Gasteiger charge is 2.08. The highest BCUT2D eigenvalue weighted by Crippen LogP contribution is 2.20. The van der Waals surface area contributed by atoms with Crippen molar-refractivity contribution in [2.45, 2.75) is 26.4 Å². The zero-order chi connectivity index (χ0) is 16.9. The number of aryl methyl sites for hydroxylation is 2. The maximum Gasteiger partial charge on any atom is 0.250 e. The number of aromatic nitrogens is 4. The van der Waals surface area contributed by atoms with Gasteiger partial charge in [0.05, 0.1) is 7.11 Å². The zero-order valence-corrected chi connectivity index (χ0v) is 13.8. The number of hydrogen-bond donors (Lipinski definition) is 0. The first-order valence-electron chi connectivity index (χ1n) is 7.87. The van der Waals surface area contributed by atoms with Crippen LogP contribution in [0.25, 0.3) is 11.4 Å².